The van der Waals surface area contributed by atoms with Crippen molar-refractivity contribution in [1.29, 1.82) is 0 Å². The van der Waals surface area contributed by atoms with Crippen molar-refractivity contribution in [3.63, 3.8) is 0 Å². The number of nitrogens with one attached hydrogen (secondary N) is 1. The van der Waals surface area contributed by atoms with E-state index in [1.54, 1.807) is 7.11 Å². The fourth-order valence-corrected chi connectivity index (χ4v) is 2.78. The molecule has 2 atom stereocenters. The van der Waals surface area contributed by atoms with Crippen LogP contribution < -0.4 is 5.32 Å². The van der Waals surface area contributed by atoms with Gasteiger partial charge in [0.2, 0.25) is 0 Å². The first-order valence-corrected chi connectivity index (χ1v) is 6.97. The predicted octanol–water partition coefficient (Wildman–Crippen LogP) is 2.52. The van der Waals surface area contributed by atoms with E-state index in [0.29, 0.717) is 12.5 Å². The second-order valence-electron chi connectivity index (χ2n) is 5.03. The fourth-order valence-electron chi connectivity index (χ4n) is 1.52. The molecular weight excluding hydrogens is 220 g/mol. The number of rotatable bonds is 5. The Labute approximate surface area is 103 Å². The molecule has 0 spiro atoms. The summed E-state index contributed by atoms with van der Waals surface area (Å²) in [6.07, 6.45) is 1.13. The van der Waals surface area contributed by atoms with E-state index in [0.717, 1.165) is 17.3 Å². The maximum atomic E-state index is 5.21. The van der Waals surface area contributed by atoms with Crippen molar-refractivity contribution in [2.45, 2.75) is 45.7 Å². The molecule has 0 bridgehead atoms. The summed E-state index contributed by atoms with van der Waals surface area (Å²) in [6.45, 7) is 9.54. The third kappa shape index (κ3) is 3.67. The Kier molecular flexibility index (Phi) is 5.12. The van der Waals surface area contributed by atoms with E-state index in [1.807, 2.05) is 11.8 Å². The molecule has 0 aromatic rings. The van der Waals surface area contributed by atoms with E-state index < -0.39 is 0 Å². The Morgan fingerprint density at radius 1 is 1.56 bits per heavy atom. The van der Waals surface area contributed by atoms with E-state index >= 15 is 0 Å². The van der Waals surface area contributed by atoms with Crippen LogP contribution in [0.25, 0.3) is 0 Å². The number of methoxy groups -OCH3 is 1. The molecule has 1 N–H and O–H groups in total. The maximum Gasteiger partial charge on any atom is 0.157 e. The molecule has 1 heterocycles. The lowest BCUT2D eigenvalue weighted by Crippen LogP contribution is -2.40. The van der Waals surface area contributed by atoms with Gasteiger partial charge in [0.05, 0.1) is 12.6 Å². The van der Waals surface area contributed by atoms with Crippen LogP contribution in [0.5, 0.6) is 0 Å². The van der Waals surface area contributed by atoms with Crippen molar-refractivity contribution >= 4 is 16.9 Å². The molecule has 1 saturated heterocycles. The highest BCUT2D eigenvalue weighted by Crippen LogP contribution is 2.26. The molecule has 1 aliphatic heterocycles. The predicted molar refractivity (Wildman–Crippen MR) is 72.2 cm³/mol. The van der Waals surface area contributed by atoms with E-state index in [-0.39, 0.29) is 11.6 Å². The van der Waals surface area contributed by atoms with Gasteiger partial charge in [-0.05, 0) is 19.3 Å². The lowest BCUT2D eigenvalue weighted by atomic mass is 10.0. The number of hydrogen-bond acceptors (Lipinski definition) is 3. The topological polar surface area (TPSA) is 33.6 Å². The molecular formula is C12H24N2OS. The summed E-state index contributed by atoms with van der Waals surface area (Å²) in [6, 6.07) is 0.263. The Morgan fingerprint density at radius 3 is 2.69 bits per heavy atom. The molecule has 1 rings (SSSR count). The molecule has 0 amide bonds. The Morgan fingerprint density at radius 2 is 2.25 bits per heavy atom. The fraction of sp³-hybridized carbons (Fsp3) is 0.917. The summed E-state index contributed by atoms with van der Waals surface area (Å²) >= 11 is 1.83. The molecule has 0 aliphatic carbocycles. The molecule has 1 aliphatic rings. The van der Waals surface area contributed by atoms with Crippen molar-refractivity contribution in [2.24, 2.45) is 10.9 Å². The summed E-state index contributed by atoms with van der Waals surface area (Å²) in [5.41, 5.74) is 0.220. The number of amidine groups is 1. The number of aliphatic imine (C=N–C) groups is 1. The van der Waals surface area contributed by atoms with Crippen LogP contribution >= 0.6 is 11.8 Å². The molecule has 0 radical (unpaired) electrons. The van der Waals surface area contributed by atoms with Gasteiger partial charge in [0.25, 0.3) is 0 Å². The number of ether oxygens (including phenoxy) is 1. The normalized spacial score (nSPS) is 29.8. The minimum Gasteiger partial charge on any atom is -0.382 e. The van der Waals surface area contributed by atoms with E-state index in [2.05, 4.69) is 33.0 Å². The highest BCUT2D eigenvalue weighted by atomic mass is 32.2. The van der Waals surface area contributed by atoms with Crippen LogP contribution in [0.3, 0.4) is 0 Å². The number of thioether (sulfide) groups is 1. The van der Waals surface area contributed by atoms with Gasteiger partial charge in [0, 0.05) is 18.4 Å². The summed E-state index contributed by atoms with van der Waals surface area (Å²) in [5.74, 6) is 1.63. The molecule has 4 heteroatoms. The zero-order valence-corrected chi connectivity index (χ0v) is 11.9. The summed E-state index contributed by atoms with van der Waals surface area (Å²) in [7, 11) is 1.74. The summed E-state index contributed by atoms with van der Waals surface area (Å²) < 4.78 is 5.21. The molecule has 0 saturated carbocycles. The zero-order valence-electron chi connectivity index (χ0n) is 11.0. The Hall–Kier alpha value is -0.220. The van der Waals surface area contributed by atoms with Gasteiger partial charge in [-0.15, -0.1) is 0 Å². The van der Waals surface area contributed by atoms with Crippen LogP contribution in [-0.4, -0.2) is 36.2 Å². The van der Waals surface area contributed by atoms with Gasteiger partial charge in [-0.2, -0.15) is 0 Å². The van der Waals surface area contributed by atoms with Crippen LogP contribution in [0.2, 0.25) is 0 Å². The molecule has 1 fully saturated rings. The van der Waals surface area contributed by atoms with Gasteiger partial charge in [-0.3, -0.25) is 4.99 Å². The average Bonchev–Trinajstić information content (AvgIpc) is 2.60. The SMILES string of the molecule is CCC1(C)CSC(=NC(COC)C(C)C)N1. The first-order chi connectivity index (χ1) is 7.50. The van der Waals surface area contributed by atoms with Gasteiger partial charge >= 0.3 is 0 Å². The van der Waals surface area contributed by atoms with Crippen molar-refractivity contribution in [3.8, 4) is 0 Å². The minimum absolute atomic E-state index is 0.220. The molecule has 0 aromatic heterocycles. The minimum atomic E-state index is 0.220. The maximum absolute atomic E-state index is 5.21. The van der Waals surface area contributed by atoms with E-state index in [1.165, 1.54) is 0 Å². The standard InChI is InChI=1S/C12H24N2OS/c1-6-12(4)8-16-11(14-12)13-10(7-15-5)9(2)3/h9-10H,6-8H2,1-5H3,(H,13,14). The molecule has 2 unspecified atom stereocenters. The first kappa shape index (κ1) is 13.8. The third-order valence-corrected chi connectivity index (χ3v) is 4.37. The molecule has 94 valence electrons. The lowest BCUT2D eigenvalue weighted by Gasteiger charge is -2.22. The number of nitrogens with zero attached hydrogens (tertiary/aromatic N) is 1. The second-order valence-corrected chi connectivity index (χ2v) is 5.99. The highest BCUT2D eigenvalue weighted by molar-refractivity contribution is 8.14. The largest absolute Gasteiger partial charge is 0.382 e. The van der Waals surface area contributed by atoms with Crippen molar-refractivity contribution in [1.82, 2.24) is 5.32 Å². The smallest absolute Gasteiger partial charge is 0.157 e. The third-order valence-electron chi connectivity index (χ3n) is 3.11. The van der Waals surface area contributed by atoms with Gasteiger partial charge in [0.1, 0.15) is 0 Å². The van der Waals surface area contributed by atoms with Gasteiger partial charge in [-0.1, -0.05) is 32.5 Å². The van der Waals surface area contributed by atoms with Gasteiger partial charge in [-0.25, -0.2) is 0 Å². The van der Waals surface area contributed by atoms with E-state index in [9.17, 15) is 0 Å². The Balaban J connectivity index is 2.62. The molecule has 3 nitrogen and oxygen atoms in total. The lowest BCUT2D eigenvalue weighted by molar-refractivity contribution is 0.165. The van der Waals surface area contributed by atoms with Crippen LogP contribution in [-0.2, 0) is 4.74 Å². The zero-order chi connectivity index (χ0) is 12.2. The van der Waals surface area contributed by atoms with Crippen LogP contribution in [0.15, 0.2) is 4.99 Å². The van der Waals surface area contributed by atoms with Crippen LogP contribution in [0.1, 0.15) is 34.1 Å². The summed E-state index contributed by atoms with van der Waals surface area (Å²) in [5, 5.41) is 4.60. The van der Waals surface area contributed by atoms with Gasteiger partial charge < -0.3 is 10.1 Å². The Bertz CT molecular complexity index is 255. The van der Waals surface area contributed by atoms with Crippen LogP contribution in [0, 0.1) is 5.92 Å². The first-order valence-electron chi connectivity index (χ1n) is 5.98. The average molecular weight is 244 g/mol. The molecule has 0 aromatic carbocycles. The van der Waals surface area contributed by atoms with Crippen molar-refractivity contribution in [2.75, 3.05) is 19.5 Å². The van der Waals surface area contributed by atoms with E-state index in [4.69, 9.17) is 9.73 Å². The van der Waals surface area contributed by atoms with Crippen molar-refractivity contribution < 1.29 is 4.74 Å². The summed E-state index contributed by atoms with van der Waals surface area (Å²) in [4.78, 5) is 4.75. The van der Waals surface area contributed by atoms with Crippen LogP contribution in [0.4, 0.5) is 0 Å². The second kappa shape index (κ2) is 5.92. The monoisotopic (exact) mass is 244 g/mol. The van der Waals surface area contributed by atoms with Crippen molar-refractivity contribution in [3.05, 3.63) is 0 Å². The van der Waals surface area contributed by atoms with Gasteiger partial charge in [0.15, 0.2) is 5.17 Å². The molecule has 16 heavy (non-hydrogen) atoms. The quantitative estimate of drug-likeness (QED) is 0.807. The highest BCUT2D eigenvalue weighted by Gasteiger charge is 2.31. The number of hydrogen-bond donors (Lipinski definition) is 1.